The van der Waals surface area contributed by atoms with Gasteiger partial charge in [-0.15, -0.1) is 0 Å². The van der Waals surface area contributed by atoms with E-state index in [-0.39, 0.29) is 12.6 Å². The second-order valence-electron chi connectivity index (χ2n) is 4.89. The molecule has 0 saturated carbocycles. The zero-order valence-corrected chi connectivity index (χ0v) is 11.2. The highest BCUT2D eigenvalue weighted by atomic mass is 16.5. The van der Waals surface area contributed by atoms with Crippen molar-refractivity contribution in [1.82, 2.24) is 10.1 Å². The molecule has 0 aliphatic heterocycles. The van der Waals surface area contributed by atoms with Crippen molar-refractivity contribution in [3.63, 3.8) is 0 Å². The molecule has 0 amide bonds. The molecule has 0 bridgehead atoms. The van der Waals surface area contributed by atoms with Gasteiger partial charge in [-0.3, -0.25) is 0 Å². The van der Waals surface area contributed by atoms with Crippen LogP contribution < -0.4 is 10.5 Å². The van der Waals surface area contributed by atoms with Gasteiger partial charge < -0.3 is 15.0 Å². The van der Waals surface area contributed by atoms with Gasteiger partial charge in [0, 0.05) is 0 Å². The first-order valence-corrected chi connectivity index (χ1v) is 6.41. The number of nitrogens with zero attached hydrogens (tertiary/aromatic N) is 2. The van der Waals surface area contributed by atoms with E-state index in [9.17, 15) is 0 Å². The number of ether oxygens (including phenoxy) is 1. The lowest BCUT2D eigenvalue weighted by Crippen LogP contribution is -2.13. The van der Waals surface area contributed by atoms with Gasteiger partial charge in [-0.1, -0.05) is 37.2 Å². The Bertz CT molecular complexity index is 496. The summed E-state index contributed by atoms with van der Waals surface area (Å²) in [6.07, 6.45) is 0.821. The first-order valence-electron chi connectivity index (χ1n) is 6.41. The molecule has 0 aliphatic carbocycles. The normalized spacial score (nSPS) is 12.6. The van der Waals surface area contributed by atoms with Crippen LogP contribution in [0.2, 0.25) is 0 Å². The molecule has 2 N–H and O–H groups in total. The molecule has 0 saturated heterocycles. The summed E-state index contributed by atoms with van der Waals surface area (Å²) in [5, 5.41) is 3.87. The third-order valence-corrected chi connectivity index (χ3v) is 2.64. The van der Waals surface area contributed by atoms with Gasteiger partial charge >= 0.3 is 0 Å². The summed E-state index contributed by atoms with van der Waals surface area (Å²) in [6.45, 7) is 4.49. The molecule has 1 aromatic heterocycles. The Labute approximate surface area is 112 Å². The molecule has 102 valence electrons. The highest BCUT2D eigenvalue weighted by molar-refractivity contribution is 5.20. The summed E-state index contributed by atoms with van der Waals surface area (Å²) in [5.41, 5.74) is 5.98. The molecule has 0 spiro atoms. The van der Waals surface area contributed by atoms with Crippen LogP contribution in [0.1, 0.15) is 38.0 Å². The van der Waals surface area contributed by atoms with Gasteiger partial charge in [-0.05, 0) is 24.5 Å². The molecule has 0 fully saturated rings. The van der Waals surface area contributed by atoms with Gasteiger partial charge in [0.1, 0.15) is 5.75 Å². The monoisotopic (exact) mass is 261 g/mol. The number of rotatable bonds is 6. The van der Waals surface area contributed by atoms with Gasteiger partial charge in [0.25, 0.3) is 0 Å². The maximum Gasteiger partial charge on any atom is 0.243 e. The van der Waals surface area contributed by atoms with E-state index in [0.717, 1.165) is 12.2 Å². The van der Waals surface area contributed by atoms with Crippen molar-refractivity contribution >= 4 is 0 Å². The Morgan fingerprint density at radius 1 is 1.26 bits per heavy atom. The number of aromatic nitrogens is 2. The van der Waals surface area contributed by atoms with Crippen LogP contribution in [-0.2, 0) is 6.61 Å². The fraction of sp³-hybridized carbons (Fsp3) is 0.429. The predicted octanol–water partition coefficient (Wildman–Crippen LogP) is 2.69. The minimum atomic E-state index is -0.210. The van der Waals surface area contributed by atoms with Crippen molar-refractivity contribution in [3.05, 3.63) is 42.0 Å². The van der Waals surface area contributed by atoms with Gasteiger partial charge in [0.2, 0.25) is 11.7 Å². The van der Waals surface area contributed by atoms with Gasteiger partial charge in [-0.25, -0.2) is 0 Å². The van der Waals surface area contributed by atoms with E-state index in [4.69, 9.17) is 15.0 Å². The first kappa shape index (κ1) is 13.5. The number of para-hydroxylation sites is 1. The van der Waals surface area contributed by atoms with Crippen molar-refractivity contribution in [2.24, 2.45) is 11.7 Å². The largest absolute Gasteiger partial charge is 0.485 e. The Morgan fingerprint density at radius 3 is 2.68 bits per heavy atom. The van der Waals surface area contributed by atoms with E-state index >= 15 is 0 Å². The van der Waals surface area contributed by atoms with Gasteiger partial charge in [0.15, 0.2) is 6.61 Å². The highest BCUT2D eigenvalue weighted by Crippen LogP contribution is 2.17. The predicted molar refractivity (Wildman–Crippen MR) is 71.5 cm³/mol. The van der Waals surface area contributed by atoms with Crippen molar-refractivity contribution in [2.45, 2.75) is 32.9 Å². The highest BCUT2D eigenvalue weighted by Gasteiger charge is 2.16. The first-order chi connectivity index (χ1) is 9.15. The summed E-state index contributed by atoms with van der Waals surface area (Å²) in [7, 11) is 0. The van der Waals surface area contributed by atoms with Gasteiger partial charge in [0.05, 0.1) is 6.04 Å². The molecule has 0 unspecified atom stereocenters. The Hall–Kier alpha value is -1.88. The van der Waals surface area contributed by atoms with Crippen LogP contribution in [0, 0.1) is 5.92 Å². The lowest BCUT2D eigenvalue weighted by molar-refractivity contribution is 0.282. The third-order valence-electron chi connectivity index (χ3n) is 2.64. The topological polar surface area (TPSA) is 74.2 Å². The standard InChI is InChI=1S/C14H19N3O2/c1-10(2)8-12(15)14-16-13(17-19-14)9-18-11-6-4-3-5-7-11/h3-7,10,12H,8-9,15H2,1-2H3/t12-/m1/s1. The Kier molecular flexibility index (Phi) is 4.52. The second kappa shape index (κ2) is 6.33. The summed E-state index contributed by atoms with van der Waals surface area (Å²) in [5.74, 6) is 2.25. The molecule has 1 heterocycles. The van der Waals surface area contributed by atoms with E-state index in [1.165, 1.54) is 0 Å². The average Bonchev–Trinajstić information content (AvgIpc) is 2.86. The number of hydrogen-bond donors (Lipinski definition) is 1. The van der Waals surface area contributed by atoms with Crippen molar-refractivity contribution in [2.75, 3.05) is 0 Å². The van der Waals surface area contributed by atoms with Crippen LogP contribution in [0.5, 0.6) is 5.75 Å². The fourth-order valence-corrected chi connectivity index (χ4v) is 1.75. The van der Waals surface area contributed by atoms with Crippen LogP contribution in [-0.4, -0.2) is 10.1 Å². The minimum absolute atomic E-state index is 0.210. The number of hydrogen-bond acceptors (Lipinski definition) is 5. The maximum atomic E-state index is 5.98. The Morgan fingerprint density at radius 2 is 2.00 bits per heavy atom. The van der Waals surface area contributed by atoms with E-state index in [1.807, 2.05) is 30.3 Å². The molecule has 0 radical (unpaired) electrons. The molecule has 1 atom stereocenters. The van der Waals surface area contributed by atoms with Crippen molar-refractivity contribution in [3.8, 4) is 5.75 Å². The van der Waals surface area contributed by atoms with Crippen LogP contribution in [0.15, 0.2) is 34.9 Å². The van der Waals surface area contributed by atoms with E-state index in [1.54, 1.807) is 0 Å². The summed E-state index contributed by atoms with van der Waals surface area (Å²) >= 11 is 0. The lowest BCUT2D eigenvalue weighted by atomic mass is 10.0. The molecule has 2 rings (SSSR count). The zero-order chi connectivity index (χ0) is 13.7. The van der Waals surface area contributed by atoms with Crippen LogP contribution in [0.25, 0.3) is 0 Å². The molecule has 1 aromatic carbocycles. The van der Waals surface area contributed by atoms with Crippen LogP contribution in [0.3, 0.4) is 0 Å². The Balaban J connectivity index is 1.90. The molecular formula is C14H19N3O2. The van der Waals surface area contributed by atoms with Crippen LogP contribution in [0.4, 0.5) is 0 Å². The van der Waals surface area contributed by atoms with Crippen LogP contribution >= 0.6 is 0 Å². The molecule has 19 heavy (non-hydrogen) atoms. The summed E-state index contributed by atoms with van der Waals surface area (Å²) in [6, 6.07) is 9.31. The molecule has 5 heteroatoms. The lowest BCUT2D eigenvalue weighted by Gasteiger charge is -2.08. The van der Waals surface area contributed by atoms with Crippen molar-refractivity contribution < 1.29 is 9.26 Å². The second-order valence-corrected chi connectivity index (χ2v) is 4.89. The maximum absolute atomic E-state index is 5.98. The summed E-state index contributed by atoms with van der Waals surface area (Å²) < 4.78 is 10.7. The SMILES string of the molecule is CC(C)C[C@@H](N)c1nc(COc2ccccc2)no1. The number of nitrogens with two attached hydrogens (primary N) is 1. The molecule has 5 nitrogen and oxygen atoms in total. The van der Waals surface area contributed by atoms with Crippen molar-refractivity contribution in [1.29, 1.82) is 0 Å². The number of benzene rings is 1. The minimum Gasteiger partial charge on any atom is -0.485 e. The molecule has 2 aromatic rings. The zero-order valence-electron chi connectivity index (χ0n) is 11.2. The third kappa shape index (κ3) is 4.06. The fourth-order valence-electron chi connectivity index (χ4n) is 1.75. The summed E-state index contributed by atoms with van der Waals surface area (Å²) in [4.78, 5) is 4.25. The molecular weight excluding hydrogens is 242 g/mol. The molecule has 0 aliphatic rings. The van der Waals surface area contributed by atoms with E-state index < -0.39 is 0 Å². The van der Waals surface area contributed by atoms with Gasteiger partial charge in [-0.2, -0.15) is 4.98 Å². The van der Waals surface area contributed by atoms with E-state index in [0.29, 0.717) is 17.6 Å². The average molecular weight is 261 g/mol. The quantitative estimate of drug-likeness (QED) is 0.865. The van der Waals surface area contributed by atoms with E-state index in [2.05, 4.69) is 24.0 Å². The smallest absolute Gasteiger partial charge is 0.243 e.